The number of aromatic nitrogens is 2. The number of methoxy groups -OCH3 is 2. The summed E-state index contributed by atoms with van der Waals surface area (Å²) in [6, 6.07) is 7.50. The first kappa shape index (κ1) is 17.8. The van der Waals surface area contributed by atoms with Crippen LogP contribution in [0.4, 0.5) is 23.0 Å². The summed E-state index contributed by atoms with van der Waals surface area (Å²) in [6.45, 7) is 1.39. The fourth-order valence-electron chi connectivity index (χ4n) is 3.04. The fraction of sp³-hybridized carbons (Fsp3) is 0.389. The maximum atomic E-state index is 11.7. The van der Waals surface area contributed by atoms with E-state index in [-0.39, 0.29) is 11.9 Å². The molecular formula is C18H23N5O3. The Hall–Kier alpha value is -3.03. The highest BCUT2D eigenvalue weighted by atomic mass is 16.5. The van der Waals surface area contributed by atoms with Gasteiger partial charge in [0.2, 0.25) is 0 Å². The van der Waals surface area contributed by atoms with Crippen molar-refractivity contribution < 1.29 is 14.3 Å². The number of nitrogens with one attached hydrogen (secondary N) is 1. The zero-order valence-corrected chi connectivity index (χ0v) is 14.9. The number of nitrogen functional groups attached to an aromatic ring is 1. The van der Waals surface area contributed by atoms with E-state index in [0.717, 1.165) is 24.3 Å². The van der Waals surface area contributed by atoms with Gasteiger partial charge in [0.1, 0.15) is 17.8 Å². The molecule has 26 heavy (non-hydrogen) atoms. The highest BCUT2D eigenvalue weighted by Gasteiger charge is 2.27. The topological polar surface area (TPSA) is 103 Å². The number of anilines is 4. The van der Waals surface area contributed by atoms with Gasteiger partial charge in [-0.2, -0.15) is 0 Å². The van der Waals surface area contributed by atoms with Crippen molar-refractivity contribution in [2.24, 2.45) is 5.92 Å². The number of esters is 1. The monoisotopic (exact) mass is 357 g/mol. The van der Waals surface area contributed by atoms with Gasteiger partial charge in [0, 0.05) is 18.8 Å². The lowest BCUT2D eigenvalue weighted by Gasteiger charge is -2.32. The SMILES string of the molecule is COC(=O)C1CCN(c2ncnc(Nc3ccc(OC)cc3)c2N)CC1. The van der Waals surface area contributed by atoms with E-state index in [1.54, 1.807) is 7.11 Å². The Bertz CT molecular complexity index is 758. The van der Waals surface area contributed by atoms with E-state index < -0.39 is 0 Å². The van der Waals surface area contributed by atoms with Crippen molar-refractivity contribution in [1.82, 2.24) is 9.97 Å². The molecule has 0 unspecified atom stereocenters. The van der Waals surface area contributed by atoms with Gasteiger partial charge in [-0.15, -0.1) is 0 Å². The van der Waals surface area contributed by atoms with Crippen LogP contribution < -0.4 is 20.7 Å². The molecule has 3 rings (SSSR count). The summed E-state index contributed by atoms with van der Waals surface area (Å²) >= 11 is 0. The van der Waals surface area contributed by atoms with Gasteiger partial charge in [-0.05, 0) is 37.1 Å². The molecule has 0 amide bonds. The lowest BCUT2D eigenvalue weighted by Crippen LogP contribution is -2.37. The summed E-state index contributed by atoms with van der Waals surface area (Å²) in [6.07, 6.45) is 2.93. The Balaban J connectivity index is 1.72. The van der Waals surface area contributed by atoms with Gasteiger partial charge in [-0.3, -0.25) is 4.79 Å². The van der Waals surface area contributed by atoms with Crippen LogP contribution in [-0.2, 0) is 9.53 Å². The van der Waals surface area contributed by atoms with E-state index in [9.17, 15) is 4.79 Å². The molecule has 0 atom stereocenters. The molecule has 8 heteroatoms. The minimum Gasteiger partial charge on any atom is -0.497 e. The second-order valence-electron chi connectivity index (χ2n) is 6.10. The van der Waals surface area contributed by atoms with Crippen LogP contribution in [0.25, 0.3) is 0 Å². The Morgan fingerprint density at radius 2 is 1.88 bits per heavy atom. The van der Waals surface area contributed by atoms with E-state index >= 15 is 0 Å². The van der Waals surface area contributed by atoms with Crippen LogP contribution in [0, 0.1) is 5.92 Å². The van der Waals surface area contributed by atoms with Gasteiger partial charge in [0.25, 0.3) is 0 Å². The summed E-state index contributed by atoms with van der Waals surface area (Å²) in [7, 11) is 3.05. The van der Waals surface area contributed by atoms with Crippen LogP contribution in [0.1, 0.15) is 12.8 Å². The first-order valence-electron chi connectivity index (χ1n) is 8.46. The molecule has 0 spiro atoms. The van der Waals surface area contributed by atoms with Crippen molar-refractivity contribution in [1.29, 1.82) is 0 Å². The van der Waals surface area contributed by atoms with Crippen molar-refractivity contribution >= 4 is 29.0 Å². The van der Waals surface area contributed by atoms with Crippen molar-refractivity contribution in [3.05, 3.63) is 30.6 Å². The maximum absolute atomic E-state index is 11.7. The van der Waals surface area contributed by atoms with Gasteiger partial charge >= 0.3 is 5.97 Å². The summed E-state index contributed by atoms with van der Waals surface area (Å²) in [5, 5.41) is 3.21. The zero-order chi connectivity index (χ0) is 18.5. The highest BCUT2D eigenvalue weighted by molar-refractivity contribution is 5.79. The van der Waals surface area contributed by atoms with E-state index in [1.165, 1.54) is 13.4 Å². The predicted octanol–water partition coefficient (Wildman–Crippen LogP) is 2.20. The lowest BCUT2D eigenvalue weighted by molar-refractivity contribution is -0.146. The molecule has 0 bridgehead atoms. The van der Waals surface area contributed by atoms with E-state index in [2.05, 4.69) is 20.2 Å². The van der Waals surface area contributed by atoms with E-state index in [0.29, 0.717) is 30.4 Å². The number of benzene rings is 1. The second-order valence-corrected chi connectivity index (χ2v) is 6.10. The average molecular weight is 357 g/mol. The average Bonchev–Trinajstić information content (AvgIpc) is 2.69. The van der Waals surface area contributed by atoms with Crippen LogP contribution >= 0.6 is 0 Å². The van der Waals surface area contributed by atoms with Crippen molar-refractivity contribution in [2.75, 3.05) is 43.3 Å². The normalized spacial score (nSPS) is 14.8. The van der Waals surface area contributed by atoms with Gasteiger partial charge in [0.15, 0.2) is 11.6 Å². The molecule has 1 fully saturated rings. The van der Waals surface area contributed by atoms with E-state index in [1.807, 2.05) is 24.3 Å². The van der Waals surface area contributed by atoms with Crippen molar-refractivity contribution in [3.63, 3.8) is 0 Å². The first-order valence-corrected chi connectivity index (χ1v) is 8.46. The molecular weight excluding hydrogens is 334 g/mol. The largest absolute Gasteiger partial charge is 0.497 e. The Labute approximate surface area is 152 Å². The molecule has 1 aromatic heterocycles. The van der Waals surface area contributed by atoms with Crippen LogP contribution in [0.3, 0.4) is 0 Å². The Morgan fingerprint density at radius 3 is 2.50 bits per heavy atom. The van der Waals surface area contributed by atoms with Gasteiger partial charge in [-0.1, -0.05) is 0 Å². The fourth-order valence-corrected chi connectivity index (χ4v) is 3.04. The molecule has 2 aromatic rings. The molecule has 8 nitrogen and oxygen atoms in total. The molecule has 0 saturated carbocycles. The molecule has 1 saturated heterocycles. The third-order valence-electron chi connectivity index (χ3n) is 4.54. The summed E-state index contributed by atoms with van der Waals surface area (Å²) in [4.78, 5) is 22.3. The first-order chi connectivity index (χ1) is 12.6. The highest BCUT2D eigenvalue weighted by Crippen LogP contribution is 2.31. The van der Waals surface area contributed by atoms with Crippen LogP contribution in [0.5, 0.6) is 5.75 Å². The van der Waals surface area contributed by atoms with Crippen molar-refractivity contribution in [3.8, 4) is 5.75 Å². The Kier molecular flexibility index (Phi) is 5.40. The quantitative estimate of drug-likeness (QED) is 0.785. The minimum absolute atomic E-state index is 0.0591. The van der Waals surface area contributed by atoms with Crippen LogP contribution in [0.15, 0.2) is 30.6 Å². The number of ether oxygens (including phenoxy) is 2. The molecule has 1 aromatic carbocycles. The lowest BCUT2D eigenvalue weighted by atomic mass is 9.97. The second kappa shape index (κ2) is 7.90. The van der Waals surface area contributed by atoms with Gasteiger partial charge in [-0.25, -0.2) is 9.97 Å². The maximum Gasteiger partial charge on any atom is 0.308 e. The number of carbonyl (C=O) groups excluding carboxylic acids is 1. The summed E-state index contributed by atoms with van der Waals surface area (Å²) < 4.78 is 9.99. The number of nitrogens with zero attached hydrogens (tertiary/aromatic N) is 3. The van der Waals surface area contributed by atoms with Gasteiger partial charge in [0.05, 0.1) is 20.1 Å². The number of rotatable bonds is 5. The smallest absolute Gasteiger partial charge is 0.308 e. The molecule has 138 valence electrons. The van der Waals surface area contributed by atoms with Crippen LogP contribution in [0.2, 0.25) is 0 Å². The molecule has 0 aliphatic carbocycles. The third kappa shape index (κ3) is 3.79. The van der Waals surface area contributed by atoms with Gasteiger partial charge < -0.3 is 25.4 Å². The minimum atomic E-state index is -0.151. The zero-order valence-electron chi connectivity index (χ0n) is 14.9. The number of piperidine rings is 1. The summed E-state index contributed by atoms with van der Waals surface area (Å²) in [5.41, 5.74) is 7.63. The standard InChI is InChI=1S/C18H23N5O3/c1-25-14-5-3-13(4-6-14)22-16-15(19)17(21-11-20-16)23-9-7-12(8-10-23)18(24)26-2/h3-6,11-12H,7-10,19H2,1-2H3,(H,20,21,22). The molecule has 0 radical (unpaired) electrons. The predicted molar refractivity (Wildman–Crippen MR) is 99.7 cm³/mol. The number of hydrogen-bond acceptors (Lipinski definition) is 8. The van der Waals surface area contributed by atoms with Crippen LogP contribution in [-0.4, -0.2) is 43.2 Å². The van der Waals surface area contributed by atoms with E-state index in [4.69, 9.17) is 15.2 Å². The van der Waals surface area contributed by atoms with Crippen molar-refractivity contribution in [2.45, 2.75) is 12.8 Å². The number of nitrogens with two attached hydrogens (primary N) is 1. The molecule has 2 heterocycles. The Morgan fingerprint density at radius 1 is 1.19 bits per heavy atom. The number of hydrogen-bond donors (Lipinski definition) is 2. The third-order valence-corrected chi connectivity index (χ3v) is 4.54. The molecule has 3 N–H and O–H groups in total. The number of carbonyl (C=O) groups is 1. The molecule has 1 aliphatic rings. The molecule has 1 aliphatic heterocycles. The summed E-state index contributed by atoms with van der Waals surface area (Å²) in [5.74, 6) is 1.80.